The maximum Gasteiger partial charge on any atom is 0.323 e. The number of benzene rings is 1. The highest BCUT2D eigenvalue weighted by atomic mass is 16.5. The van der Waals surface area contributed by atoms with Crippen LogP contribution < -0.4 is 5.32 Å². The minimum Gasteiger partial charge on any atom is -0.468 e. The van der Waals surface area contributed by atoms with Crippen LogP contribution in [0.1, 0.15) is 16.7 Å². The maximum atomic E-state index is 11.5. The van der Waals surface area contributed by atoms with Gasteiger partial charge in [-0.15, -0.1) is 0 Å². The second-order valence-corrected chi connectivity index (χ2v) is 4.26. The van der Waals surface area contributed by atoms with Gasteiger partial charge in [0.15, 0.2) is 0 Å². The lowest BCUT2D eigenvalue weighted by atomic mass is 9.98. The molecule has 1 aromatic rings. The van der Waals surface area contributed by atoms with Gasteiger partial charge >= 0.3 is 5.97 Å². The second kappa shape index (κ2) is 4.66. The van der Waals surface area contributed by atoms with Crippen LogP contribution in [0.5, 0.6) is 0 Å². The van der Waals surface area contributed by atoms with Gasteiger partial charge in [0.1, 0.15) is 6.04 Å². The third kappa shape index (κ3) is 2.25. The smallest absolute Gasteiger partial charge is 0.323 e. The normalized spacial score (nSPS) is 19.8. The molecular weight excluding hydrogens is 202 g/mol. The molecule has 1 aromatic carbocycles. The van der Waals surface area contributed by atoms with Gasteiger partial charge in [0.25, 0.3) is 0 Å². The van der Waals surface area contributed by atoms with E-state index in [0.717, 1.165) is 19.4 Å². The van der Waals surface area contributed by atoms with E-state index in [4.69, 9.17) is 4.74 Å². The minimum absolute atomic E-state index is 0.173. The molecule has 0 saturated carbocycles. The van der Waals surface area contributed by atoms with Gasteiger partial charge in [-0.1, -0.05) is 23.8 Å². The van der Waals surface area contributed by atoms with Crippen molar-refractivity contribution in [2.75, 3.05) is 13.7 Å². The summed E-state index contributed by atoms with van der Waals surface area (Å²) in [5.41, 5.74) is 3.88. The molecule has 0 radical (unpaired) electrons. The lowest BCUT2D eigenvalue weighted by Gasteiger charge is -2.13. The fourth-order valence-corrected chi connectivity index (χ4v) is 2.17. The molecule has 86 valence electrons. The summed E-state index contributed by atoms with van der Waals surface area (Å²) < 4.78 is 4.78. The Morgan fingerprint density at radius 2 is 2.25 bits per heavy atom. The van der Waals surface area contributed by atoms with E-state index in [0.29, 0.717) is 0 Å². The Balaban J connectivity index is 2.24. The van der Waals surface area contributed by atoms with Crippen molar-refractivity contribution < 1.29 is 9.53 Å². The zero-order valence-corrected chi connectivity index (χ0v) is 9.75. The first-order chi connectivity index (χ1) is 7.70. The summed E-state index contributed by atoms with van der Waals surface area (Å²) in [5, 5.41) is 3.22. The quantitative estimate of drug-likeness (QED) is 0.722. The van der Waals surface area contributed by atoms with Gasteiger partial charge in [0, 0.05) is 0 Å². The molecule has 0 amide bonds. The summed E-state index contributed by atoms with van der Waals surface area (Å²) in [4.78, 5) is 11.5. The number of rotatable bonds is 1. The van der Waals surface area contributed by atoms with Crippen LogP contribution in [0, 0.1) is 6.92 Å². The molecule has 16 heavy (non-hydrogen) atoms. The molecule has 2 rings (SSSR count). The third-order valence-corrected chi connectivity index (χ3v) is 3.06. The average Bonchev–Trinajstić information content (AvgIpc) is 2.49. The third-order valence-electron chi connectivity index (χ3n) is 3.06. The Labute approximate surface area is 95.8 Å². The predicted molar refractivity (Wildman–Crippen MR) is 62.4 cm³/mol. The predicted octanol–water partition coefficient (Wildman–Crippen LogP) is 1.22. The molecule has 3 nitrogen and oxygen atoms in total. The molecule has 1 N–H and O–H groups in total. The number of aryl methyl sites for hydroxylation is 1. The summed E-state index contributed by atoms with van der Waals surface area (Å²) >= 11 is 0. The fraction of sp³-hybridized carbons (Fsp3) is 0.462. The number of hydrogen-bond donors (Lipinski definition) is 1. The summed E-state index contributed by atoms with van der Waals surface area (Å²) in [5.74, 6) is -0.173. The molecule has 0 bridgehead atoms. The van der Waals surface area contributed by atoms with Crippen molar-refractivity contribution in [2.45, 2.75) is 25.8 Å². The number of carbonyl (C=O) groups is 1. The molecule has 1 heterocycles. The minimum atomic E-state index is -0.200. The second-order valence-electron chi connectivity index (χ2n) is 4.26. The van der Waals surface area contributed by atoms with Crippen molar-refractivity contribution in [1.29, 1.82) is 0 Å². The first-order valence-corrected chi connectivity index (χ1v) is 5.60. The highest BCUT2D eigenvalue weighted by Gasteiger charge is 2.22. The zero-order chi connectivity index (χ0) is 11.5. The van der Waals surface area contributed by atoms with E-state index in [-0.39, 0.29) is 12.0 Å². The van der Waals surface area contributed by atoms with E-state index in [1.165, 1.54) is 23.8 Å². The Morgan fingerprint density at radius 3 is 3.00 bits per heavy atom. The molecule has 1 unspecified atom stereocenters. The molecule has 0 aromatic heterocycles. The van der Waals surface area contributed by atoms with Crippen molar-refractivity contribution in [1.82, 2.24) is 5.32 Å². The Hall–Kier alpha value is -1.35. The zero-order valence-electron chi connectivity index (χ0n) is 9.75. The van der Waals surface area contributed by atoms with Crippen molar-refractivity contribution >= 4 is 5.97 Å². The summed E-state index contributed by atoms with van der Waals surface area (Å²) in [6, 6.07) is 6.22. The summed E-state index contributed by atoms with van der Waals surface area (Å²) in [7, 11) is 1.44. The SMILES string of the molecule is COC(=O)C1Cc2ccc(C)cc2CCN1. The van der Waals surface area contributed by atoms with E-state index in [1.807, 2.05) is 0 Å². The monoisotopic (exact) mass is 219 g/mol. The van der Waals surface area contributed by atoms with Crippen LogP contribution in [0.3, 0.4) is 0 Å². The van der Waals surface area contributed by atoms with Crippen molar-refractivity contribution in [3.05, 3.63) is 34.9 Å². The molecular formula is C13H17NO2. The summed E-state index contributed by atoms with van der Waals surface area (Å²) in [6.45, 7) is 2.92. The van der Waals surface area contributed by atoms with Crippen molar-refractivity contribution in [3.8, 4) is 0 Å². The Morgan fingerprint density at radius 1 is 1.44 bits per heavy atom. The Kier molecular flexibility index (Phi) is 3.25. The van der Waals surface area contributed by atoms with Crippen molar-refractivity contribution in [3.63, 3.8) is 0 Å². The summed E-state index contributed by atoms with van der Waals surface area (Å²) in [6.07, 6.45) is 1.70. The molecule has 1 aliphatic rings. The first kappa shape index (κ1) is 11.1. The maximum absolute atomic E-state index is 11.5. The number of carbonyl (C=O) groups excluding carboxylic acids is 1. The van der Waals surface area contributed by atoms with Crippen molar-refractivity contribution in [2.24, 2.45) is 0 Å². The van der Waals surface area contributed by atoms with Gasteiger partial charge in [0.2, 0.25) is 0 Å². The number of methoxy groups -OCH3 is 1. The lowest BCUT2D eigenvalue weighted by molar-refractivity contribution is -0.143. The van der Waals surface area contributed by atoms with Gasteiger partial charge in [-0.2, -0.15) is 0 Å². The largest absolute Gasteiger partial charge is 0.468 e. The van der Waals surface area contributed by atoms with Crippen LogP contribution >= 0.6 is 0 Å². The number of fused-ring (bicyclic) bond motifs is 1. The van der Waals surface area contributed by atoms with Gasteiger partial charge in [-0.3, -0.25) is 4.79 Å². The van der Waals surface area contributed by atoms with Gasteiger partial charge < -0.3 is 10.1 Å². The van der Waals surface area contributed by atoms with Crippen LogP contribution in [0.4, 0.5) is 0 Å². The van der Waals surface area contributed by atoms with Crippen LogP contribution in [-0.4, -0.2) is 25.7 Å². The van der Waals surface area contributed by atoms with Gasteiger partial charge in [-0.25, -0.2) is 0 Å². The molecule has 0 fully saturated rings. The van der Waals surface area contributed by atoms with Crippen LogP contribution in [-0.2, 0) is 22.4 Å². The Bertz CT molecular complexity index is 401. The molecule has 0 aliphatic carbocycles. The van der Waals surface area contributed by atoms with Crippen LogP contribution in [0.15, 0.2) is 18.2 Å². The van der Waals surface area contributed by atoms with Gasteiger partial charge in [0.05, 0.1) is 7.11 Å². The lowest BCUT2D eigenvalue weighted by Crippen LogP contribution is -2.38. The molecule has 0 spiro atoms. The first-order valence-electron chi connectivity index (χ1n) is 5.60. The van der Waals surface area contributed by atoms with E-state index in [9.17, 15) is 4.79 Å². The average molecular weight is 219 g/mol. The topological polar surface area (TPSA) is 38.3 Å². The number of nitrogens with one attached hydrogen (secondary N) is 1. The number of ether oxygens (including phenoxy) is 1. The fourth-order valence-electron chi connectivity index (χ4n) is 2.17. The number of hydrogen-bond acceptors (Lipinski definition) is 3. The molecule has 1 aliphatic heterocycles. The van der Waals surface area contributed by atoms with E-state index in [2.05, 4.69) is 30.4 Å². The highest BCUT2D eigenvalue weighted by molar-refractivity contribution is 5.76. The van der Waals surface area contributed by atoms with E-state index < -0.39 is 0 Å². The highest BCUT2D eigenvalue weighted by Crippen LogP contribution is 2.17. The van der Waals surface area contributed by atoms with E-state index >= 15 is 0 Å². The van der Waals surface area contributed by atoms with E-state index in [1.54, 1.807) is 0 Å². The van der Waals surface area contributed by atoms with Crippen LogP contribution in [0.2, 0.25) is 0 Å². The van der Waals surface area contributed by atoms with Gasteiger partial charge in [-0.05, 0) is 37.4 Å². The number of esters is 1. The molecule has 0 saturated heterocycles. The standard InChI is InChI=1S/C13H17NO2/c1-9-3-4-10-8-12(13(15)16-2)14-6-5-11(10)7-9/h3-4,7,12,14H,5-6,8H2,1-2H3. The molecule has 3 heteroatoms. The molecule has 1 atom stereocenters. The van der Waals surface area contributed by atoms with Crippen LogP contribution in [0.25, 0.3) is 0 Å².